The zero-order valence-corrected chi connectivity index (χ0v) is 11.4. The van der Waals surface area contributed by atoms with E-state index in [4.69, 9.17) is 10.6 Å². The minimum absolute atomic E-state index is 0.180. The molecule has 2 rings (SSSR count). The van der Waals surface area contributed by atoms with Crippen molar-refractivity contribution in [3.05, 3.63) is 41.5 Å². The molecule has 2 heterocycles. The van der Waals surface area contributed by atoms with Crippen molar-refractivity contribution in [3.8, 4) is 5.75 Å². The Morgan fingerprint density at radius 1 is 1.47 bits per heavy atom. The average Bonchev–Trinajstić information content (AvgIpc) is 2.85. The van der Waals surface area contributed by atoms with E-state index < -0.39 is 0 Å². The summed E-state index contributed by atoms with van der Waals surface area (Å²) in [5.74, 6) is 6.47. The van der Waals surface area contributed by atoms with Gasteiger partial charge in [0.1, 0.15) is 5.69 Å². The summed E-state index contributed by atoms with van der Waals surface area (Å²) in [6, 6.07) is 1.77. The highest BCUT2D eigenvalue weighted by Gasteiger charge is 2.23. The molecule has 0 saturated heterocycles. The van der Waals surface area contributed by atoms with Gasteiger partial charge in [0.15, 0.2) is 5.75 Å². The molecule has 6 heteroatoms. The SMILES string of the molecule is CCn1ncc(OC)c1C(NN)c1ccncc1C. The number of nitrogens with two attached hydrogens (primary N) is 1. The van der Waals surface area contributed by atoms with E-state index in [1.54, 1.807) is 19.5 Å². The zero-order valence-electron chi connectivity index (χ0n) is 11.4. The maximum Gasteiger partial charge on any atom is 0.161 e. The number of hydrogen-bond acceptors (Lipinski definition) is 5. The fourth-order valence-corrected chi connectivity index (χ4v) is 2.20. The molecule has 1 atom stereocenters. The summed E-state index contributed by atoms with van der Waals surface area (Å²) in [7, 11) is 1.63. The second-order valence-electron chi connectivity index (χ2n) is 4.25. The van der Waals surface area contributed by atoms with Gasteiger partial charge in [0.05, 0.1) is 19.3 Å². The van der Waals surface area contributed by atoms with Gasteiger partial charge in [-0.2, -0.15) is 5.10 Å². The van der Waals surface area contributed by atoms with Gasteiger partial charge >= 0.3 is 0 Å². The summed E-state index contributed by atoms with van der Waals surface area (Å²) in [6.45, 7) is 4.79. The highest BCUT2D eigenvalue weighted by atomic mass is 16.5. The molecule has 102 valence electrons. The van der Waals surface area contributed by atoms with E-state index in [9.17, 15) is 0 Å². The summed E-state index contributed by atoms with van der Waals surface area (Å²) >= 11 is 0. The molecule has 2 aromatic rings. The van der Waals surface area contributed by atoms with Crippen molar-refractivity contribution in [1.82, 2.24) is 20.2 Å². The quantitative estimate of drug-likeness (QED) is 0.624. The summed E-state index contributed by atoms with van der Waals surface area (Å²) in [6.07, 6.45) is 5.28. The van der Waals surface area contributed by atoms with Gasteiger partial charge in [0.2, 0.25) is 0 Å². The second kappa shape index (κ2) is 5.81. The number of nitrogens with zero attached hydrogens (tertiary/aromatic N) is 3. The summed E-state index contributed by atoms with van der Waals surface area (Å²) < 4.78 is 7.26. The average molecular weight is 261 g/mol. The summed E-state index contributed by atoms with van der Waals surface area (Å²) in [4.78, 5) is 4.11. The van der Waals surface area contributed by atoms with Gasteiger partial charge in [-0.05, 0) is 31.0 Å². The normalized spacial score (nSPS) is 12.4. The second-order valence-corrected chi connectivity index (χ2v) is 4.25. The molecule has 2 aromatic heterocycles. The first-order valence-corrected chi connectivity index (χ1v) is 6.19. The van der Waals surface area contributed by atoms with Crippen molar-refractivity contribution in [2.24, 2.45) is 5.84 Å². The molecule has 3 N–H and O–H groups in total. The highest BCUT2D eigenvalue weighted by molar-refractivity contribution is 5.38. The van der Waals surface area contributed by atoms with Crippen LogP contribution in [0.25, 0.3) is 0 Å². The van der Waals surface area contributed by atoms with E-state index in [-0.39, 0.29) is 6.04 Å². The predicted molar refractivity (Wildman–Crippen MR) is 72.6 cm³/mol. The number of rotatable bonds is 5. The number of aryl methyl sites for hydroxylation is 2. The predicted octanol–water partition coefficient (Wildman–Crippen LogP) is 1.17. The zero-order chi connectivity index (χ0) is 13.8. The van der Waals surface area contributed by atoms with E-state index in [2.05, 4.69) is 15.5 Å². The fourth-order valence-electron chi connectivity index (χ4n) is 2.20. The van der Waals surface area contributed by atoms with E-state index in [0.29, 0.717) is 0 Å². The van der Waals surface area contributed by atoms with Crippen LogP contribution in [0.4, 0.5) is 0 Å². The minimum atomic E-state index is -0.180. The van der Waals surface area contributed by atoms with Gasteiger partial charge < -0.3 is 4.74 Å². The Balaban J connectivity index is 2.54. The first kappa shape index (κ1) is 13.5. The van der Waals surface area contributed by atoms with Crippen molar-refractivity contribution >= 4 is 0 Å². The van der Waals surface area contributed by atoms with Crippen LogP contribution in [-0.4, -0.2) is 21.9 Å². The Morgan fingerprint density at radius 2 is 2.26 bits per heavy atom. The van der Waals surface area contributed by atoms with Crippen molar-refractivity contribution in [2.75, 3.05) is 7.11 Å². The summed E-state index contributed by atoms with van der Waals surface area (Å²) in [5, 5.41) is 4.31. The van der Waals surface area contributed by atoms with Crippen LogP contribution in [0.3, 0.4) is 0 Å². The molecule has 19 heavy (non-hydrogen) atoms. The number of pyridine rings is 1. The number of nitrogens with one attached hydrogen (secondary N) is 1. The Morgan fingerprint density at radius 3 is 2.84 bits per heavy atom. The monoisotopic (exact) mass is 261 g/mol. The number of ether oxygens (including phenoxy) is 1. The third-order valence-corrected chi connectivity index (χ3v) is 3.18. The van der Waals surface area contributed by atoms with Crippen LogP contribution in [0.15, 0.2) is 24.7 Å². The first-order chi connectivity index (χ1) is 9.22. The molecule has 0 aliphatic rings. The number of aromatic nitrogens is 3. The Labute approximate surface area is 112 Å². The number of hydrazine groups is 1. The molecule has 0 aliphatic heterocycles. The lowest BCUT2D eigenvalue weighted by atomic mass is 10.0. The molecule has 0 aliphatic carbocycles. The van der Waals surface area contributed by atoms with E-state index in [0.717, 1.165) is 29.1 Å². The summed E-state index contributed by atoms with van der Waals surface area (Å²) in [5.41, 5.74) is 5.89. The standard InChI is InChI=1S/C13H19N5O/c1-4-18-13(11(19-3)8-16-18)12(17-14)10-5-6-15-7-9(10)2/h5-8,12,17H,4,14H2,1-3H3. The maximum atomic E-state index is 5.75. The van der Waals surface area contributed by atoms with Gasteiger partial charge in [0.25, 0.3) is 0 Å². The van der Waals surface area contributed by atoms with Crippen molar-refractivity contribution in [2.45, 2.75) is 26.4 Å². The first-order valence-electron chi connectivity index (χ1n) is 6.19. The molecule has 1 unspecified atom stereocenters. The Hall–Kier alpha value is -1.92. The van der Waals surface area contributed by atoms with Gasteiger partial charge in [-0.3, -0.25) is 15.5 Å². The third kappa shape index (κ3) is 2.45. The Kier molecular flexibility index (Phi) is 4.13. The maximum absolute atomic E-state index is 5.75. The number of hydrogen-bond donors (Lipinski definition) is 2. The van der Waals surface area contributed by atoms with Gasteiger partial charge in [-0.25, -0.2) is 5.43 Å². The molecular weight excluding hydrogens is 242 g/mol. The largest absolute Gasteiger partial charge is 0.493 e. The van der Waals surface area contributed by atoms with Crippen LogP contribution in [0.1, 0.15) is 29.8 Å². The van der Waals surface area contributed by atoms with E-state index in [1.807, 2.05) is 30.8 Å². The van der Waals surface area contributed by atoms with E-state index >= 15 is 0 Å². The molecular formula is C13H19N5O. The minimum Gasteiger partial charge on any atom is -0.493 e. The van der Waals surface area contributed by atoms with Crippen LogP contribution in [0.5, 0.6) is 5.75 Å². The highest BCUT2D eigenvalue weighted by Crippen LogP contribution is 2.30. The number of methoxy groups -OCH3 is 1. The van der Waals surface area contributed by atoms with E-state index in [1.165, 1.54) is 0 Å². The lowest BCUT2D eigenvalue weighted by molar-refractivity contribution is 0.399. The van der Waals surface area contributed by atoms with Crippen molar-refractivity contribution < 1.29 is 4.74 Å². The smallest absolute Gasteiger partial charge is 0.161 e. The third-order valence-electron chi connectivity index (χ3n) is 3.18. The van der Waals surface area contributed by atoms with Crippen molar-refractivity contribution in [3.63, 3.8) is 0 Å². The molecule has 6 nitrogen and oxygen atoms in total. The molecule has 0 spiro atoms. The van der Waals surface area contributed by atoms with Crippen LogP contribution in [-0.2, 0) is 6.54 Å². The molecule has 0 bridgehead atoms. The van der Waals surface area contributed by atoms with Crippen molar-refractivity contribution in [1.29, 1.82) is 0 Å². The lowest BCUT2D eigenvalue weighted by Gasteiger charge is -2.20. The van der Waals surface area contributed by atoms with Gasteiger partial charge in [-0.15, -0.1) is 0 Å². The van der Waals surface area contributed by atoms with Crippen LogP contribution >= 0.6 is 0 Å². The fraction of sp³-hybridized carbons (Fsp3) is 0.385. The molecule has 0 saturated carbocycles. The van der Waals surface area contributed by atoms with Crippen LogP contribution < -0.4 is 16.0 Å². The van der Waals surface area contributed by atoms with Crippen LogP contribution in [0, 0.1) is 6.92 Å². The molecule has 0 fully saturated rings. The topological polar surface area (TPSA) is 78.0 Å². The molecule has 0 amide bonds. The van der Waals surface area contributed by atoms with Crippen LogP contribution in [0.2, 0.25) is 0 Å². The Bertz CT molecular complexity index is 530. The lowest BCUT2D eigenvalue weighted by Crippen LogP contribution is -2.31. The molecule has 0 radical (unpaired) electrons. The van der Waals surface area contributed by atoms with Gasteiger partial charge in [0, 0.05) is 18.9 Å². The van der Waals surface area contributed by atoms with Gasteiger partial charge in [-0.1, -0.05) is 0 Å². The molecule has 0 aromatic carbocycles.